The van der Waals surface area contributed by atoms with Crippen molar-refractivity contribution in [1.82, 2.24) is 4.90 Å². The largest absolute Gasteiger partial charge is 0.508 e. The van der Waals surface area contributed by atoms with Crippen LogP contribution in [0.5, 0.6) is 11.5 Å². The number of rotatable bonds is 5. The summed E-state index contributed by atoms with van der Waals surface area (Å²) in [5, 5.41) is 20.6. The van der Waals surface area contributed by atoms with Crippen LogP contribution in [0.1, 0.15) is 18.4 Å². The quantitative estimate of drug-likeness (QED) is 0.820. The molecule has 2 aromatic rings. The van der Waals surface area contributed by atoms with Crippen molar-refractivity contribution >= 4 is 11.6 Å². The normalized spacial score (nSPS) is 28.1. The molecule has 4 rings (SSSR count). The van der Waals surface area contributed by atoms with Crippen LogP contribution < -0.4 is 4.74 Å². The first-order valence-corrected chi connectivity index (χ1v) is 10.0. The van der Waals surface area contributed by atoms with Gasteiger partial charge in [-0.25, -0.2) is 0 Å². The molecule has 0 aromatic heterocycles. The standard InChI is InChI=1S/C22H26ClNO3/c23-18-2-1-3-20(12-18)27-22-11-17-14-24(13-16(17)10-21(22)26)9-8-15-4-6-19(25)7-5-15/h1-7,12,16-17,21-22,25-26H,8-11,13-14H2/t16-,17+,21+,22+/m0/s1. The summed E-state index contributed by atoms with van der Waals surface area (Å²) in [7, 11) is 0. The lowest BCUT2D eigenvalue weighted by Gasteiger charge is -2.35. The van der Waals surface area contributed by atoms with Gasteiger partial charge in [-0.3, -0.25) is 0 Å². The van der Waals surface area contributed by atoms with Crippen LogP contribution in [0.15, 0.2) is 48.5 Å². The molecule has 0 radical (unpaired) electrons. The monoisotopic (exact) mass is 387 g/mol. The van der Waals surface area contributed by atoms with Crippen molar-refractivity contribution in [2.75, 3.05) is 19.6 Å². The molecular weight excluding hydrogens is 362 g/mol. The Hall–Kier alpha value is -1.75. The highest BCUT2D eigenvalue weighted by atomic mass is 35.5. The van der Waals surface area contributed by atoms with Crippen LogP contribution in [0, 0.1) is 11.8 Å². The van der Waals surface area contributed by atoms with Gasteiger partial charge in [0, 0.05) is 24.7 Å². The molecule has 2 aliphatic rings. The summed E-state index contributed by atoms with van der Waals surface area (Å²) in [6.07, 6.45) is 2.06. The number of phenolic OH excluding ortho intramolecular Hbond substituents is 1. The second kappa shape index (κ2) is 8.09. The maximum absolute atomic E-state index is 10.6. The molecule has 2 N–H and O–H groups in total. The van der Waals surface area contributed by atoms with E-state index in [1.807, 2.05) is 30.3 Å². The number of likely N-dealkylation sites (tertiary alicyclic amines) is 1. The van der Waals surface area contributed by atoms with E-state index in [1.54, 1.807) is 18.2 Å². The van der Waals surface area contributed by atoms with E-state index in [0.29, 0.717) is 22.6 Å². The van der Waals surface area contributed by atoms with Crippen LogP contribution in [0.3, 0.4) is 0 Å². The minimum absolute atomic E-state index is 0.165. The summed E-state index contributed by atoms with van der Waals surface area (Å²) in [5.74, 6) is 2.15. The van der Waals surface area contributed by atoms with E-state index in [1.165, 1.54) is 5.56 Å². The molecule has 0 unspecified atom stereocenters. The van der Waals surface area contributed by atoms with Gasteiger partial charge < -0.3 is 19.8 Å². The Morgan fingerprint density at radius 1 is 1.04 bits per heavy atom. The summed E-state index contributed by atoms with van der Waals surface area (Å²) >= 11 is 6.04. The molecular formula is C22H26ClNO3. The SMILES string of the molecule is Oc1ccc(CCN2C[C@H]3C[C@@H](Oc4cccc(Cl)c4)[C@H](O)C[C@H]3C2)cc1. The molecule has 2 aromatic carbocycles. The number of hydrogen-bond acceptors (Lipinski definition) is 4. The number of ether oxygens (including phenoxy) is 1. The van der Waals surface area contributed by atoms with Gasteiger partial charge >= 0.3 is 0 Å². The zero-order valence-corrected chi connectivity index (χ0v) is 16.1. The van der Waals surface area contributed by atoms with Crippen molar-refractivity contribution in [3.8, 4) is 11.5 Å². The first-order valence-electron chi connectivity index (χ1n) is 9.67. The van der Waals surface area contributed by atoms with Crippen molar-refractivity contribution in [2.24, 2.45) is 11.8 Å². The summed E-state index contributed by atoms with van der Waals surface area (Å²) in [5.41, 5.74) is 1.24. The molecule has 27 heavy (non-hydrogen) atoms. The molecule has 4 nitrogen and oxygen atoms in total. The van der Waals surface area contributed by atoms with E-state index >= 15 is 0 Å². The van der Waals surface area contributed by atoms with E-state index in [9.17, 15) is 10.2 Å². The minimum atomic E-state index is -0.428. The summed E-state index contributed by atoms with van der Waals surface area (Å²) in [4.78, 5) is 2.50. The van der Waals surface area contributed by atoms with Crippen molar-refractivity contribution in [1.29, 1.82) is 0 Å². The van der Waals surface area contributed by atoms with Crippen LogP contribution in [-0.2, 0) is 6.42 Å². The third-order valence-electron chi connectivity index (χ3n) is 5.90. The zero-order chi connectivity index (χ0) is 18.8. The Labute approximate surface area is 165 Å². The second-order valence-electron chi connectivity index (χ2n) is 7.85. The Morgan fingerprint density at radius 3 is 2.52 bits per heavy atom. The van der Waals surface area contributed by atoms with Gasteiger partial charge in [0.1, 0.15) is 17.6 Å². The molecule has 0 amide bonds. The Balaban J connectivity index is 1.32. The molecule has 1 aliphatic heterocycles. The van der Waals surface area contributed by atoms with E-state index < -0.39 is 6.10 Å². The van der Waals surface area contributed by atoms with Crippen LogP contribution >= 0.6 is 11.6 Å². The fourth-order valence-corrected chi connectivity index (χ4v) is 4.64. The highest BCUT2D eigenvalue weighted by molar-refractivity contribution is 6.30. The number of aromatic hydroxyl groups is 1. The van der Waals surface area contributed by atoms with Gasteiger partial charge in [0.2, 0.25) is 0 Å². The summed E-state index contributed by atoms with van der Waals surface area (Å²) in [6.45, 7) is 3.11. The van der Waals surface area contributed by atoms with Crippen molar-refractivity contribution in [3.05, 3.63) is 59.1 Å². The van der Waals surface area contributed by atoms with Crippen molar-refractivity contribution < 1.29 is 14.9 Å². The molecule has 1 saturated carbocycles. The van der Waals surface area contributed by atoms with Gasteiger partial charge in [0.15, 0.2) is 0 Å². The average molecular weight is 388 g/mol. The number of aliphatic hydroxyl groups excluding tert-OH is 1. The summed E-state index contributed by atoms with van der Waals surface area (Å²) < 4.78 is 6.06. The van der Waals surface area contributed by atoms with Crippen LogP contribution in [0.2, 0.25) is 5.02 Å². The molecule has 1 saturated heterocycles. The maximum atomic E-state index is 10.6. The van der Waals surface area contributed by atoms with Crippen LogP contribution in [-0.4, -0.2) is 47.0 Å². The molecule has 0 spiro atoms. The minimum Gasteiger partial charge on any atom is -0.508 e. The van der Waals surface area contributed by atoms with Gasteiger partial charge in [0.05, 0.1) is 6.10 Å². The number of halogens is 1. The first-order chi connectivity index (χ1) is 13.1. The van der Waals surface area contributed by atoms with E-state index in [4.69, 9.17) is 16.3 Å². The highest BCUT2D eigenvalue weighted by Crippen LogP contribution is 2.38. The zero-order valence-electron chi connectivity index (χ0n) is 15.3. The summed E-state index contributed by atoms with van der Waals surface area (Å²) in [6, 6.07) is 14.8. The number of aliphatic hydroxyl groups is 1. The van der Waals surface area contributed by atoms with E-state index in [2.05, 4.69) is 4.90 Å². The number of nitrogens with zero attached hydrogens (tertiary/aromatic N) is 1. The van der Waals surface area contributed by atoms with Crippen molar-refractivity contribution in [2.45, 2.75) is 31.5 Å². The first kappa shape index (κ1) is 18.6. The number of benzene rings is 2. The van der Waals surface area contributed by atoms with Gasteiger partial charge in [-0.1, -0.05) is 29.8 Å². The molecule has 5 heteroatoms. The van der Waals surface area contributed by atoms with Crippen molar-refractivity contribution in [3.63, 3.8) is 0 Å². The number of hydrogen-bond donors (Lipinski definition) is 2. The predicted molar refractivity (Wildman–Crippen MR) is 106 cm³/mol. The lowest BCUT2D eigenvalue weighted by atomic mass is 9.78. The Bertz CT molecular complexity index is 766. The predicted octanol–water partition coefficient (Wildman–Crippen LogP) is 3.74. The molecule has 4 atom stereocenters. The third kappa shape index (κ3) is 4.57. The highest BCUT2D eigenvalue weighted by Gasteiger charge is 2.42. The third-order valence-corrected chi connectivity index (χ3v) is 6.13. The maximum Gasteiger partial charge on any atom is 0.125 e. The molecule has 144 valence electrons. The topological polar surface area (TPSA) is 52.9 Å². The van der Waals surface area contributed by atoms with E-state index in [0.717, 1.165) is 44.6 Å². The Morgan fingerprint density at radius 2 is 1.78 bits per heavy atom. The number of fused-ring (bicyclic) bond motifs is 1. The number of phenols is 1. The smallest absolute Gasteiger partial charge is 0.125 e. The van der Waals surface area contributed by atoms with E-state index in [-0.39, 0.29) is 6.10 Å². The van der Waals surface area contributed by atoms with Crippen LogP contribution in [0.4, 0.5) is 0 Å². The molecule has 2 fully saturated rings. The molecule has 1 aliphatic carbocycles. The average Bonchev–Trinajstić information content (AvgIpc) is 3.03. The molecule has 0 bridgehead atoms. The fraction of sp³-hybridized carbons (Fsp3) is 0.455. The van der Waals surface area contributed by atoms with Gasteiger partial charge in [-0.15, -0.1) is 0 Å². The second-order valence-corrected chi connectivity index (χ2v) is 8.29. The fourth-order valence-electron chi connectivity index (χ4n) is 4.46. The molecule has 1 heterocycles. The lowest BCUT2D eigenvalue weighted by Crippen LogP contribution is -2.42. The van der Waals surface area contributed by atoms with Crippen LogP contribution in [0.25, 0.3) is 0 Å². The van der Waals surface area contributed by atoms with Gasteiger partial charge in [-0.2, -0.15) is 0 Å². The van der Waals surface area contributed by atoms with Gasteiger partial charge in [-0.05, 0) is 67.0 Å². The van der Waals surface area contributed by atoms with Gasteiger partial charge in [0.25, 0.3) is 0 Å². The lowest BCUT2D eigenvalue weighted by molar-refractivity contribution is -0.0231. The Kier molecular flexibility index (Phi) is 5.58.